The van der Waals surface area contributed by atoms with Gasteiger partial charge in [-0.1, -0.05) is 24.3 Å². The maximum absolute atomic E-state index is 12.0. The number of carbonyl (C=O) groups excluding carboxylic acids is 1. The van der Waals surface area contributed by atoms with E-state index < -0.39 is 0 Å². The third-order valence-corrected chi connectivity index (χ3v) is 4.97. The number of thioether (sulfide) groups is 1. The van der Waals surface area contributed by atoms with Crippen LogP contribution in [0.2, 0.25) is 0 Å². The number of nitrogens with zero attached hydrogens (tertiary/aromatic N) is 3. The molecule has 0 aliphatic carbocycles. The van der Waals surface area contributed by atoms with E-state index in [1.165, 1.54) is 18.5 Å². The highest BCUT2D eigenvalue weighted by atomic mass is 32.2. The van der Waals surface area contributed by atoms with Gasteiger partial charge in [-0.2, -0.15) is 16.9 Å². The first-order chi connectivity index (χ1) is 11.3. The van der Waals surface area contributed by atoms with Crippen LogP contribution in [0.5, 0.6) is 0 Å². The first-order valence-electron chi connectivity index (χ1n) is 7.82. The number of amides is 2. The first kappa shape index (κ1) is 15.9. The molecule has 1 aromatic carbocycles. The Morgan fingerprint density at radius 1 is 1.39 bits per heavy atom. The highest BCUT2D eigenvalue weighted by molar-refractivity contribution is 7.99. The number of urea groups is 1. The van der Waals surface area contributed by atoms with Crippen LogP contribution in [-0.4, -0.2) is 38.3 Å². The van der Waals surface area contributed by atoms with Gasteiger partial charge in [0.1, 0.15) is 12.7 Å². The average molecular weight is 331 g/mol. The van der Waals surface area contributed by atoms with Crippen molar-refractivity contribution < 1.29 is 4.79 Å². The molecule has 6 nitrogen and oxygen atoms in total. The molecule has 1 fully saturated rings. The minimum Gasteiger partial charge on any atom is -0.335 e. The number of nitrogens with one attached hydrogen (secondary N) is 2. The van der Waals surface area contributed by atoms with Crippen LogP contribution in [0.25, 0.3) is 0 Å². The summed E-state index contributed by atoms with van der Waals surface area (Å²) in [6.45, 7) is 1.20. The predicted octanol–water partition coefficient (Wildman–Crippen LogP) is 2.02. The van der Waals surface area contributed by atoms with Crippen molar-refractivity contribution in [2.24, 2.45) is 0 Å². The Balaban J connectivity index is 1.48. The van der Waals surface area contributed by atoms with E-state index in [-0.39, 0.29) is 6.03 Å². The summed E-state index contributed by atoms with van der Waals surface area (Å²) in [5, 5.41) is 10.1. The zero-order chi connectivity index (χ0) is 15.9. The monoisotopic (exact) mass is 331 g/mol. The molecule has 0 spiro atoms. The van der Waals surface area contributed by atoms with Gasteiger partial charge in [0.2, 0.25) is 0 Å². The van der Waals surface area contributed by atoms with E-state index in [9.17, 15) is 4.79 Å². The zero-order valence-electron chi connectivity index (χ0n) is 12.9. The molecule has 1 aliphatic heterocycles. The second-order valence-electron chi connectivity index (χ2n) is 5.65. The predicted molar refractivity (Wildman–Crippen MR) is 91.3 cm³/mol. The molecule has 23 heavy (non-hydrogen) atoms. The van der Waals surface area contributed by atoms with Crippen molar-refractivity contribution in [3.63, 3.8) is 0 Å². The molecule has 1 atom stereocenters. The Kier molecular flexibility index (Phi) is 5.52. The molecule has 2 heterocycles. The van der Waals surface area contributed by atoms with E-state index in [0.29, 0.717) is 19.1 Å². The fourth-order valence-corrected chi connectivity index (χ4v) is 3.68. The highest BCUT2D eigenvalue weighted by Crippen LogP contribution is 2.16. The summed E-state index contributed by atoms with van der Waals surface area (Å²) < 4.78 is 1.78. The van der Waals surface area contributed by atoms with Gasteiger partial charge in [-0.05, 0) is 29.7 Å². The van der Waals surface area contributed by atoms with Crippen molar-refractivity contribution >= 4 is 17.8 Å². The number of hydrogen-bond donors (Lipinski definition) is 2. The van der Waals surface area contributed by atoms with Crippen molar-refractivity contribution in [1.82, 2.24) is 25.4 Å². The third-order valence-electron chi connectivity index (χ3n) is 3.75. The van der Waals surface area contributed by atoms with Gasteiger partial charge in [0.25, 0.3) is 0 Å². The topological polar surface area (TPSA) is 71.8 Å². The molecule has 3 rings (SSSR count). The lowest BCUT2D eigenvalue weighted by atomic mass is 10.1. The number of benzene rings is 1. The van der Waals surface area contributed by atoms with Crippen LogP contribution in [0.4, 0.5) is 4.79 Å². The molecule has 1 aromatic heterocycles. The summed E-state index contributed by atoms with van der Waals surface area (Å²) in [5.41, 5.74) is 2.22. The van der Waals surface area contributed by atoms with Gasteiger partial charge < -0.3 is 10.6 Å². The maximum Gasteiger partial charge on any atom is 0.315 e. The quantitative estimate of drug-likeness (QED) is 0.879. The zero-order valence-corrected chi connectivity index (χ0v) is 13.8. The minimum absolute atomic E-state index is 0.0841. The molecule has 1 saturated heterocycles. The van der Waals surface area contributed by atoms with Crippen LogP contribution in [0, 0.1) is 0 Å². The van der Waals surface area contributed by atoms with Crippen LogP contribution >= 0.6 is 11.8 Å². The van der Waals surface area contributed by atoms with Gasteiger partial charge in [-0.25, -0.2) is 14.5 Å². The molecule has 0 bridgehead atoms. The standard InChI is InChI=1S/C16H21N5OS/c22-16(20-15-5-2-6-23-10-15)18-8-13-3-1-4-14(7-13)9-21-12-17-11-19-21/h1,3-4,7,11-12,15H,2,5-6,8-10H2,(H2,18,20,22)/t15-/m0/s1. The second kappa shape index (κ2) is 8.01. The van der Waals surface area contributed by atoms with Crippen LogP contribution < -0.4 is 10.6 Å². The molecule has 0 saturated carbocycles. The molecule has 7 heteroatoms. The van der Waals surface area contributed by atoms with Crippen molar-refractivity contribution in [1.29, 1.82) is 0 Å². The van der Waals surface area contributed by atoms with Crippen LogP contribution in [0.1, 0.15) is 24.0 Å². The largest absolute Gasteiger partial charge is 0.335 e. The normalized spacial score (nSPS) is 17.7. The maximum atomic E-state index is 12.0. The Bertz CT molecular complexity index is 625. The first-order valence-corrected chi connectivity index (χ1v) is 8.97. The summed E-state index contributed by atoms with van der Waals surface area (Å²) in [6.07, 6.45) is 5.48. The summed E-state index contributed by atoms with van der Waals surface area (Å²) >= 11 is 1.91. The lowest BCUT2D eigenvalue weighted by Crippen LogP contribution is -2.44. The van der Waals surface area contributed by atoms with Gasteiger partial charge in [0.05, 0.1) is 6.54 Å². The van der Waals surface area contributed by atoms with E-state index in [2.05, 4.69) is 26.8 Å². The molecule has 0 radical (unpaired) electrons. The molecule has 2 aromatic rings. The molecule has 2 amide bonds. The fourth-order valence-electron chi connectivity index (χ4n) is 2.61. The fraction of sp³-hybridized carbons (Fsp3) is 0.438. The van der Waals surface area contributed by atoms with Crippen molar-refractivity contribution in [3.05, 3.63) is 48.0 Å². The second-order valence-corrected chi connectivity index (χ2v) is 6.80. The van der Waals surface area contributed by atoms with Crippen LogP contribution in [0.3, 0.4) is 0 Å². The lowest BCUT2D eigenvalue weighted by molar-refractivity contribution is 0.237. The van der Waals surface area contributed by atoms with Crippen molar-refractivity contribution in [2.75, 3.05) is 11.5 Å². The number of rotatable bonds is 5. The molecule has 0 unspecified atom stereocenters. The van der Waals surface area contributed by atoms with Crippen molar-refractivity contribution in [2.45, 2.75) is 32.0 Å². The minimum atomic E-state index is -0.0841. The van der Waals surface area contributed by atoms with Crippen LogP contribution in [0.15, 0.2) is 36.9 Å². The molecule has 122 valence electrons. The summed E-state index contributed by atoms with van der Waals surface area (Å²) in [6, 6.07) is 8.36. The van der Waals surface area contributed by atoms with E-state index in [4.69, 9.17) is 0 Å². The van der Waals surface area contributed by atoms with Crippen molar-refractivity contribution in [3.8, 4) is 0 Å². The summed E-state index contributed by atoms with van der Waals surface area (Å²) in [7, 11) is 0. The van der Waals surface area contributed by atoms with Gasteiger partial charge in [0, 0.05) is 18.3 Å². The average Bonchev–Trinajstić information content (AvgIpc) is 3.07. The Morgan fingerprint density at radius 2 is 2.30 bits per heavy atom. The van der Waals surface area contributed by atoms with E-state index >= 15 is 0 Å². The van der Waals surface area contributed by atoms with Gasteiger partial charge in [0.15, 0.2) is 0 Å². The van der Waals surface area contributed by atoms with Crippen LogP contribution in [-0.2, 0) is 13.1 Å². The van der Waals surface area contributed by atoms with E-state index in [1.807, 2.05) is 30.0 Å². The summed E-state index contributed by atoms with van der Waals surface area (Å²) in [5.74, 6) is 2.22. The van der Waals surface area contributed by atoms with Gasteiger partial charge in [-0.15, -0.1) is 0 Å². The Labute approximate surface area is 140 Å². The Hall–Kier alpha value is -2.02. The lowest BCUT2D eigenvalue weighted by Gasteiger charge is -2.22. The molecule has 2 N–H and O–H groups in total. The third kappa shape index (κ3) is 4.99. The number of aromatic nitrogens is 3. The SMILES string of the molecule is O=C(NCc1cccc(Cn2cncn2)c1)N[C@H]1CCCSC1. The molecular weight excluding hydrogens is 310 g/mol. The number of carbonyl (C=O) groups is 1. The molecular formula is C16H21N5OS. The number of hydrogen-bond acceptors (Lipinski definition) is 4. The van der Waals surface area contributed by atoms with E-state index in [0.717, 1.165) is 23.3 Å². The highest BCUT2D eigenvalue weighted by Gasteiger charge is 2.15. The smallest absolute Gasteiger partial charge is 0.315 e. The summed E-state index contributed by atoms with van der Waals surface area (Å²) in [4.78, 5) is 15.9. The van der Waals surface area contributed by atoms with Gasteiger partial charge >= 0.3 is 6.03 Å². The van der Waals surface area contributed by atoms with Gasteiger partial charge in [-0.3, -0.25) is 0 Å². The Morgan fingerprint density at radius 3 is 3.09 bits per heavy atom. The molecule has 1 aliphatic rings. The van der Waals surface area contributed by atoms with E-state index in [1.54, 1.807) is 11.0 Å².